The Morgan fingerprint density at radius 3 is 2.82 bits per heavy atom. The van der Waals surface area contributed by atoms with Crippen LogP contribution in [0.3, 0.4) is 0 Å². The maximum absolute atomic E-state index is 4.57. The van der Waals surface area contributed by atoms with E-state index >= 15 is 0 Å². The molecule has 0 fully saturated rings. The highest BCUT2D eigenvalue weighted by molar-refractivity contribution is 8.01. The molecule has 0 radical (unpaired) electrons. The standard InChI is InChI=1S/C8H15NS2/c1-6-7(2)11-8(9-6)4-5-10-3/h7-8H,4-5H2,1-3H3/t7-,8+/m1/s1. The number of nitrogens with zero attached hydrogens (tertiary/aromatic N) is 1. The van der Waals surface area contributed by atoms with Gasteiger partial charge in [0.2, 0.25) is 0 Å². The Hall–Kier alpha value is 0.370. The lowest BCUT2D eigenvalue weighted by Gasteiger charge is -2.05. The van der Waals surface area contributed by atoms with E-state index in [9.17, 15) is 0 Å². The van der Waals surface area contributed by atoms with E-state index in [4.69, 9.17) is 0 Å². The summed E-state index contributed by atoms with van der Waals surface area (Å²) in [6.45, 7) is 4.37. The van der Waals surface area contributed by atoms with Crippen molar-refractivity contribution in [3.63, 3.8) is 0 Å². The van der Waals surface area contributed by atoms with Gasteiger partial charge < -0.3 is 0 Å². The summed E-state index contributed by atoms with van der Waals surface area (Å²) in [5.74, 6) is 1.24. The quantitative estimate of drug-likeness (QED) is 0.676. The van der Waals surface area contributed by atoms with Crippen LogP contribution in [-0.4, -0.2) is 28.3 Å². The van der Waals surface area contributed by atoms with Crippen molar-refractivity contribution in [3.8, 4) is 0 Å². The summed E-state index contributed by atoms with van der Waals surface area (Å²) in [7, 11) is 0. The van der Waals surface area contributed by atoms with Gasteiger partial charge in [0.1, 0.15) is 0 Å². The number of thioether (sulfide) groups is 2. The van der Waals surface area contributed by atoms with Gasteiger partial charge >= 0.3 is 0 Å². The third-order valence-corrected chi connectivity index (χ3v) is 3.91. The molecule has 0 amide bonds. The Bertz CT molecular complexity index is 156. The van der Waals surface area contributed by atoms with Crippen LogP contribution in [0.5, 0.6) is 0 Å². The van der Waals surface area contributed by atoms with E-state index < -0.39 is 0 Å². The number of rotatable bonds is 3. The molecule has 11 heavy (non-hydrogen) atoms. The minimum absolute atomic E-state index is 0.553. The zero-order valence-electron chi connectivity index (χ0n) is 7.33. The van der Waals surface area contributed by atoms with E-state index in [-0.39, 0.29) is 0 Å². The average molecular weight is 189 g/mol. The van der Waals surface area contributed by atoms with Crippen LogP contribution in [0.25, 0.3) is 0 Å². The van der Waals surface area contributed by atoms with Gasteiger partial charge in [0.05, 0.1) is 5.37 Å². The van der Waals surface area contributed by atoms with Crippen molar-refractivity contribution in [1.29, 1.82) is 0 Å². The second-order valence-electron chi connectivity index (χ2n) is 2.78. The van der Waals surface area contributed by atoms with Gasteiger partial charge in [-0.2, -0.15) is 11.8 Å². The smallest absolute Gasteiger partial charge is 0.0965 e. The molecule has 3 heteroatoms. The van der Waals surface area contributed by atoms with Crippen molar-refractivity contribution >= 4 is 29.2 Å². The molecule has 1 heterocycles. The van der Waals surface area contributed by atoms with Gasteiger partial charge in [-0.3, -0.25) is 4.99 Å². The fourth-order valence-corrected chi connectivity index (χ4v) is 2.87. The maximum atomic E-state index is 4.57. The van der Waals surface area contributed by atoms with Crippen molar-refractivity contribution in [2.75, 3.05) is 12.0 Å². The van der Waals surface area contributed by atoms with Crippen molar-refractivity contribution in [2.45, 2.75) is 30.9 Å². The molecule has 0 aromatic carbocycles. The first-order valence-electron chi connectivity index (χ1n) is 3.92. The van der Waals surface area contributed by atoms with Crippen LogP contribution in [0.4, 0.5) is 0 Å². The predicted octanol–water partition coefficient (Wildman–Crippen LogP) is 2.66. The van der Waals surface area contributed by atoms with Gasteiger partial charge in [-0.05, 0) is 32.3 Å². The minimum Gasteiger partial charge on any atom is -0.279 e. The van der Waals surface area contributed by atoms with E-state index in [1.165, 1.54) is 17.9 Å². The van der Waals surface area contributed by atoms with Crippen molar-refractivity contribution < 1.29 is 0 Å². The second-order valence-corrected chi connectivity index (χ2v) is 5.29. The van der Waals surface area contributed by atoms with E-state index in [2.05, 4.69) is 25.1 Å². The van der Waals surface area contributed by atoms with Crippen molar-refractivity contribution in [3.05, 3.63) is 0 Å². The Balaban J connectivity index is 2.29. The van der Waals surface area contributed by atoms with Gasteiger partial charge in [0.25, 0.3) is 0 Å². The van der Waals surface area contributed by atoms with E-state index in [1.807, 2.05) is 23.5 Å². The summed E-state index contributed by atoms with van der Waals surface area (Å²) in [4.78, 5) is 4.57. The molecule has 1 aliphatic heterocycles. The van der Waals surface area contributed by atoms with Gasteiger partial charge in [-0.25, -0.2) is 0 Å². The fourth-order valence-electron chi connectivity index (χ4n) is 1.05. The van der Waals surface area contributed by atoms with Crippen LogP contribution in [0, 0.1) is 0 Å². The molecule has 1 aliphatic rings. The van der Waals surface area contributed by atoms with Crippen LogP contribution >= 0.6 is 23.5 Å². The van der Waals surface area contributed by atoms with Gasteiger partial charge in [-0.1, -0.05) is 0 Å². The number of hydrogen-bond donors (Lipinski definition) is 0. The van der Waals surface area contributed by atoms with Gasteiger partial charge in [0, 0.05) is 11.0 Å². The molecular weight excluding hydrogens is 174 g/mol. The van der Waals surface area contributed by atoms with Crippen LogP contribution in [0.2, 0.25) is 0 Å². The molecule has 1 rings (SSSR count). The minimum atomic E-state index is 0.553. The molecule has 0 bridgehead atoms. The summed E-state index contributed by atoms with van der Waals surface area (Å²) in [5, 5.41) is 1.21. The third kappa shape index (κ3) is 2.71. The first-order chi connectivity index (χ1) is 5.24. The molecule has 0 saturated heterocycles. The van der Waals surface area contributed by atoms with Crippen LogP contribution in [-0.2, 0) is 0 Å². The SMILES string of the molecule is CSCC[C@H]1N=C(C)[C@@H](C)S1. The number of aliphatic imine (C=N–C) groups is 1. The Morgan fingerprint density at radius 2 is 2.36 bits per heavy atom. The molecule has 0 saturated carbocycles. The topological polar surface area (TPSA) is 12.4 Å². The Morgan fingerprint density at radius 1 is 1.64 bits per heavy atom. The molecule has 0 N–H and O–H groups in total. The lowest BCUT2D eigenvalue weighted by molar-refractivity contribution is 0.891. The van der Waals surface area contributed by atoms with Crippen LogP contribution in [0.1, 0.15) is 20.3 Å². The molecule has 1 nitrogen and oxygen atoms in total. The molecule has 0 aliphatic carbocycles. The third-order valence-electron chi connectivity index (χ3n) is 1.87. The molecule has 64 valence electrons. The highest BCUT2D eigenvalue weighted by Crippen LogP contribution is 2.29. The fraction of sp³-hybridized carbons (Fsp3) is 0.875. The molecule has 2 atom stereocenters. The molecule has 0 unspecified atom stereocenters. The largest absolute Gasteiger partial charge is 0.279 e. The Labute approximate surface area is 77.4 Å². The van der Waals surface area contributed by atoms with E-state index in [1.54, 1.807) is 0 Å². The summed E-state index contributed by atoms with van der Waals surface area (Å²) >= 11 is 3.90. The first kappa shape index (κ1) is 9.46. The van der Waals surface area contributed by atoms with Crippen molar-refractivity contribution in [2.24, 2.45) is 4.99 Å². The summed E-state index contributed by atoms with van der Waals surface area (Å²) in [6.07, 6.45) is 3.38. The zero-order valence-corrected chi connectivity index (χ0v) is 8.97. The molecule has 0 aromatic heterocycles. The zero-order chi connectivity index (χ0) is 8.27. The summed E-state index contributed by atoms with van der Waals surface area (Å²) in [6, 6.07) is 0. The number of hydrogen-bond acceptors (Lipinski definition) is 3. The van der Waals surface area contributed by atoms with Crippen molar-refractivity contribution in [1.82, 2.24) is 0 Å². The highest BCUT2D eigenvalue weighted by atomic mass is 32.2. The predicted molar refractivity (Wildman–Crippen MR) is 56.9 cm³/mol. The van der Waals surface area contributed by atoms with E-state index in [0.29, 0.717) is 10.6 Å². The second kappa shape index (κ2) is 4.41. The molecule has 0 spiro atoms. The average Bonchev–Trinajstić information content (AvgIpc) is 2.28. The lowest BCUT2D eigenvalue weighted by atomic mass is 10.3. The Kier molecular flexibility index (Phi) is 3.79. The lowest BCUT2D eigenvalue weighted by Crippen LogP contribution is -2.02. The normalized spacial score (nSPS) is 30.6. The van der Waals surface area contributed by atoms with Gasteiger partial charge in [0.15, 0.2) is 0 Å². The molecular formula is C8H15NS2. The first-order valence-corrected chi connectivity index (χ1v) is 6.26. The summed E-state index contributed by atoms with van der Waals surface area (Å²) < 4.78 is 0. The molecule has 0 aromatic rings. The van der Waals surface area contributed by atoms with Crippen LogP contribution in [0.15, 0.2) is 4.99 Å². The van der Waals surface area contributed by atoms with Gasteiger partial charge in [-0.15, -0.1) is 11.8 Å². The monoisotopic (exact) mass is 189 g/mol. The van der Waals surface area contributed by atoms with E-state index in [0.717, 1.165) is 0 Å². The van der Waals surface area contributed by atoms with Crippen LogP contribution < -0.4 is 0 Å². The highest BCUT2D eigenvalue weighted by Gasteiger charge is 2.21. The summed E-state index contributed by atoms with van der Waals surface area (Å²) in [5.41, 5.74) is 1.32. The maximum Gasteiger partial charge on any atom is 0.0965 e.